The fraction of sp³-hybridized carbons (Fsp3) is 0.833. The van der Waals surface area contributed by atoms with E-state index in [9.17, 15) is 4.79 Å². The maximum absolute atomic E-state index is 11.4. The van der Waals surface area contributed by atoms with Gasteiger partial charge in [-0.05, 0) is 31.6 Å². The third kappa shape index (κ3) is 8.09. The normalized spacial score (nSPS) is 13.4. The molecule has 0 aromatic carbocycles. The standard InChI is InChI=1S/C12H24NO/c1-9(2)6-7-12(14)13-11(5)8-10(3)4/h9-11H,5-8H2,1-4H3,(H,13,14)/t11-/m0/s1. The van der Waals surface area contributed by atoms with Gasteiger partial charge in [-0.1, -0.05) is 27.7 Å². The van der Waals surface area contributed by atoms with Gasteiger partial charge in [-0.3, -0.25) is 4.79 Å². The highest BCUT2D eigenvalue weighted by Gasteiger charge is 2.09. The first-order valence-electron chi connectivity index (χ1n) is 5.54. The van der Waals surface area contributed by atoms with Gasteiger partial charge in [-0.15, -0.1) is 0 Å². The zero-order chi connectivity index (χ0) is 11.1. The van der Waals surface area contributed by atoms with Crippen LogP contribution < -0.4 is 5.32 Å². The lowest BCUT2D eigenvalue weighted by molar-refractivity contribution is -0.121. The summed E-state index contributed by atoms with van der Waals surface area (Å²) < 4.78 is 0. The van der Waals surface area contributed by atoms with Gasteiger partial charge in [0.1, 0.15) is 0 Å². The Morgan fingerprint density at radius 3 is 2.21 bits per heavy atom. The summed E-state index contributed by atoms with van der Waals surface area (Å²) in [5.74, 6) is 1.32. The second kappa shape index (κ2) is 6.86. The molecular weight excluding hydrogens is 174 g/mol. The minimum Gasteiger partial charge on any atom is -0.353 e. The van der Waals surface area contributed by atoms with Crippen molar-refractivity contribution in [3.8, 4) is 0 Å². The number of hydrogen-bond acceptors (Lipinski definition) is 1. The topological polar surface area (TPSA) is 29.1 Å². The summed E-state index contributed by atoms with van der Waals surface area (Å²) in [5.41, 5.74) is 0. The molecule has 83 valence electrons. The second-order valence-corrected chi connectivity index (χ2v) is 4.83. The van der Waals surface area contributed by atoms with Crippen LogP contribution in [0.1, 0.15) is 47.0 Å². The summed E-state index contributed by atoms with van der Waals surface area (Å²) in [6, 6.07) is 0.0645. The molecule has 0 fully saturated rings. The zero-order valence-electron chi connectivity index (χ0n) is 9.97. The van der Waals surface area contributed by atoms with Crippen molar-refractivity contribution in [3.05, 3.63) is 6.92 Å². The van der Waals surface area contributed by atoms with E-state index in [1.165, 1.54) is 0 Å². The van der Waals surface area contributed by atoms with Crippen LogP contribution in [0.3, 0.4) is 0 Å². The van der Waals surface area contributed by atoms with Crippen LogP contribution >= 0.6 is 0 Å². The Kier molecular flexibility index (Phi) is 6.60. The Labute approximate surface area is 88.5 Å². The average Bonchev–Trinajstić information content (AvgIpc) is 1.98. The van der Waals surface area contributed by atoms with Crippen LogP contribution in [0.2, 0.25) is 0 Å². The van der Waals surface area contributed by atoms with Gasteiger partial charge in [0.15, 0.2) is 0 Å². The summed E-state index contributed by atoms with van der Waals surface area (Å²) in [6.07, 6.45) is 2.54. The van der Waals surface area contributed by atoms with Crippen LogP contribution in [0.15, 0.2) is 0 Å². The number of hydrogen-bond donors (Lipinski definition) is 1. The molecule has 1 atom stereocenters. The molecule has 0 aliphatic heterocycles. The van der Waals surface area contributed by atoms with Crippen molar-refractivity contribution in [2.75, 3.05) is 0 Å². The van der Waals surface area contributed by atoms with Gasteiger partial charge >= 0.3 is 0 Å². The highest BCUT2D eigenvalue weighted by molar-refractivity contribution is 5.76. The number of carbonyl (C=O) groups is 1. The first-order valence-corrected chi connectivity index (χ1v) is 5.54. The highest BCUT2D eigenvalue weighted by atomic mass is 16.1. The molecule has 1 N–H and O–H groups in total. The van der Waals surface area contributed by atoms with Crippen molar-refractivity contribution in [1.29, 1.82) is 0 Å². The maximum atomic E-state index is 11.4. The SMILES string of the molecule is [CH2][C@@H](CC(C)C)NC(=O)CCC(C)C. The molecule has 2 nitrogen and oxygen atoms in total. The lowest BCUT2D eigenvalue weighted by atomic mass is 10.0. The van der Waals surface area contributed by atoms with Crippen molar-refractivity contribution in [1.82, 2.24) is 5.32 Å². The Morgan fingerprint density at radius 1 is 1.21 bits per heavy atom. The number of nitrogens with one attached hydrogen (secondary N) is 1. The number of amides is 1. The summed E-state index contributed by atoms with van der Waals surface area (Å²) in [7, 11) is 0. The van der Waals surface area contributed by atoms with Crippen molar-refractivity contribution in [3.63, 3.8) is 0 Å². The molecular formula is C12H24NO. The number of rotatable bonds is 6. The average molecular weight is 198 g/mol. The molecule has 0 bridgehead atoms. The summed E-state index contributed by atoms with van der Waals surface area (Å²) in [6.45, 7) is 12.4. The van der Waals surface area contributed by atoms with Crippen LogP contribution in [0.5, 0.6) is 0 Å². The minimum atomic E-state index is 0.0645. The molecule has 0 unspecified atom stereocenters. The third-order valence-corrected chi connectivity index (χ3v) is 2.07. The van der Waals surface area contributed by atoms with Crippen LogP contribution in [0, 0.1) is 18.8 Å². The zero-order valence-corrected chi connectivity index (χ0v) is 9.97. The smallest absolute Gasteiger partial charge is 0.220 e. The van der Waals surface area contributed by atoms with E-state index in [0.29, 0.717) is 18.3 Å². The quantitative estimate of drug-likeness (QED) is 0.698. The van der Waals surface area contributed by atoms with E-state index in [2.05, 4.69) is 39.9 Å². The molecule has 1 radical (unpaired) electrons. The van der Waals surface area contributed by atoms with Gasteiger partial charge in [0.2, 0.25) is 5.91 Å². The minimum absolute atomic E-state index is 0.0645. The highest BCUT2D eigenvalue weighted by Crippen LogP contribution is 2.06. The summed E-state index contributed by atoms with van der Waals surface area (Å²) >= 11 is 0. The van der Waals surface area contributed by atoms with Gasteiger partial charge < -0.3 is 5.32 Å². The molecule has 0 heterocycles. The molecule has 1 amide bonds. The molecule has 0 aliphatic rings. The Morgan fingerprint density at radius 2 is 1.79 bits per heavy atom. The first-order chi connectivity index (χ1) is 6.41. The second-order valence-electron chi connectivity index (χ2n) is 4.83. The molecule has 14 heavy (non-hydrogen) atoms. The van der Waals surface area contributed by atoms with Crippen LogP contribution in [-0.4, -0.2) is 11.9 Å². The van der Waals surface area contributed by atoms with E-state index in [4.69, 9.17) is 0 Å². The monoisotopic (exact) mass is 198 g/mol. The van der Waals surface area contributed by atoms with Gasteiger partial charge in [-0.2, -0.15) is 0 Å². The molecule has 0 spiro atoms. The van der Waals surface area contributed by atoms with Gasteiger partial charge in [0.25, 0.3) is 0 Å². The lowest BCUT2D eigenvalue weighted by Crippen LogP contribution is -2.33. The molecule has 0 rings (SSSR count). The van der Waals surface area contributed by atoms with Crippen LogP contribution in [0.25, 0.3) is 0 Å². The molecule has 0 saturated heterocycles. The molecule has 0 saturated carbocycles. The predicted octanol–water partition coefficient (Wildman–Crippen LogP) is 2.79. The maximum Gasteiger partial charge on any atom is 0.220 e. The fourth-order valence-corrected chi connectivity index (χ4v) is 1.35. The van der Waals surface area contributed by atoms with Gasteiger partial charge in [-0.25, -0.2) is 0 Å². The van der Waals surface area contributed by atoms with E-state index in [1.807, 2.05) is 0 Å². The van der Waals surface area contributed by atoms with Crippen molar-refractivity contribution >= 4 is 5.91 Å². The van der Waals surface area contributed by atoms with Crippen LogP contribution in [0.4, 0.5) is 0 Å². The van der Waals surface area contributed by atoms with Crippen molar-refractivity contribution in [2.45, 2.75) is 53.0 Å². The Bertz CT molecular complexity index is 164. The fourth-order valence-electron chi connectivity index (χ4n) is 1.35. The van der Waals surface area contributed by atoms with E-state index in [0.717, 1.165) is 12.8 Å². The summed E-state index contributed by atoms with van der Waals surface area (Å²) in [4.78, 5) is 11.4. The van der Waals surface area contributed by atoms with Crippen molar-refractivity contribution in [2.24, 2.45) is 11.8 Å². The van der Waals surface area contributed by atoms with E-state index >= 15 is 0 Å². The molecule has 0 aromatic rings. The van der Waals surface area contributed by atoms with Crippen molar-refractivity contribution < 1.29 is 4.79 Å². The molecule has 0 aliphatic carbocycles. The predicted molar refractivity (Wildman–Crippen MR) is 60.8 cm³/mol. The lowest BCUT2D eigenvalue weighted by Gasteiger charge is -2.16. The van der Waals surface area contributed by atoms with E-state index in [1.54, 1.807) is 0 Å². The first kappa shape index (κ1) is 13.5. The molecule has 0 aromatic heterocycles. The van der Waals surface area contributed by atoms with Gasteiger partial charge in [0.05, 0.1) is 0 Å². The number of carbonyl (C=O) groups excluding carboxylic acids is 1. The van der Waals surface area contributed by atoms with E-state index < -0.39 is 0 Å². The van der Waals surface area contributed by atoms with E-state index in [-0.39, 0.29) is 11.9 Å². The summed E-state index contributed by atoms with van der Waals surface area (Å²) in [5, 5.41) is 2.92. The van der Waals surface area contributed by atoms with Crippen LogP contribution in [-0.2, 0) is 4.79 Å². The molecule has 2 heteroatoms. The largest absolute Gasteiger partial charge is 0.353 e. The third-order valence-electron chi connectivity index (χ3n) is 2.07. The Balaban J connectivity index is 3.60. The Hall–Kier alpha value is -0.530. The van der Waals surface area contributed by atoms with Gasteiger partial charge in [0, 0.05) is 12.5 Å².